The molecule has 2 aromatic carbocycles. The maximum absolute atomic E-state index is 15.8. The maximum Gasteiger partial charge on any atom is 0.407 e. The van der Waals surface area contributed by atoms with Crippen molar-refractivity contribution in [2.45, 2.75) is 83.5 Å². The van der Waals surface area contributed by atoms with Crippen LogP contribution in [0, 0.1) is 5.82 Å². The molecule has 10 nitrogen and oxygen atoms in total. The molecular formula is C35H42FN7O3. The Labute approximate surface area is 268 Å². The molecule has 0 aliphatic heterocycles. The molecule has 0 radical (unpaired) electrons. The van der Waals surface area contributed by atoms with E-state index in [0.717, 1.165) is 23.8 Å². The van der Waals surface area contributed by atoms with Crippen molar-refractivity contribution in [3.63, 3.8) is 0 Å². The Kier molecular flexibility index (Phi) is 9.32. The molecule has 2 heterocycles. The summed E-state index contributed by atoms with van der Waals surface area (Å²) in [6.07, 6.45) is 4.27. The topological polar surface area (TPSA) is 143 Å². The number of hydrogen-bond acceptors (Lipinski definition) is 8. The van der Waals surface area contributed by atoms with Crippen molar-refractivity contribution in [1.82, 2.24) is 20.6 Å². The normalized spacial score (nSPS) is 16.8. The van der Waals surface area contributed by atoms with E-state index in [1.54, 1.807) is 33.0 Å². The fourth-order valence-electron chi connectivity index (χ4n) is 5.64. The van der Waals surface area contributed by atoms with Crippen LogP contribution in [0.25, 0.3) is 10.9 Å². The highest BCUT2D eigenvalue weighted by atomic mass is 19.1. The zero-order valence-corrected chi connectivity index (χ0v) is 26.9. The van der Waals surface area contributed by atoms with Crippen molar-refractivity contribution in [2.75, 3.05) is 16.4 Å². The van der Waals surface area contributed by atoms with Crippen LogP contribution in [-0.2, 0) is 10.3 Å². The van der Waals surface area contributed by atoms with E-state index in [0.29, 0.717) is 29.7 Å². The van der Waals surface area contributed by atoms with Gasteiger partial charge in [0.1, 0.15) is 11.4 Å². The number of nitrogens with zero attached hydrogens (tertiary/aromatic N) is 2. The molecule has 0 saturated heterocycles. The second-order valence-electron chi connectivity index (χ2n) is 13.2. The van der Waals surface area contributed by atoms with E-state index < -0.39 is 29.0 Å². The standard InChI is InChI=1S/C35H42FN7O3/c1-34(2,3)46-33(45)41-28-17-10-9-16-27(28)40-31-25(36)19-24(32(44)43-35(4,5)22-13-7-6-8-14-22)30(42-31)39-23-18-21-12-11-15-26(37)29(21)38-20-23/h6-8,11-15,18-20,27-28H,9-10,16-17,37H2,1-5H3,(H,41,45)(H,43,44)(H2,39,40,42)/t27-,28+/m1/s1. The first-order chi connectivity index (χ1) is 21.8. The number of anilines is 4. The summed E-state index contributed by atoms with van der Waals surface area (Å²) < 4.78 is 21.3. The maximum atomic E-state index is 15.8. The summed E-state index contributed by atoms with van der Waals surface area (Å²) >= 11 is 0. The summed E-state index contributed by atoms with van der Waals surface area (Å²) in [7, 11) is 0. The third kappa shape index (κ3) is 7.82. The summed E-state index contributed by atoms with van der Waals surface area (Å²) in [5.41, 5.74) is 7.33. The molecule has 1 aliphatic carbocycles. The monoisotopic (exact) mass is 627 g/mol. The predicted molar refractivity (Wildman–Crippen MR) is 180 cm³/mol. The number of rotatable bonds is 8. The quantitative estimate of drug-likeness (QED) is 0.131. The Morgan fingerprint density at radius 3 is 2.37 bits per heavy atom. The average molecular weight is 628 g/mol. The summed E-state index contributed by atoms with van der Waals surface area (Å²) in [4.78, 5) is 35.4. The second-order valence-corrected chi connectivity index (χ2v) is 13.2. The molecule has 11 heteroatoms. The van der Waals surface area contributed by atoms with Crippen molar-refractivity contribution in [2.24, 2.45) is 0 Å². The SMILES string of the molecule is CC(C)(C)OC(=O)N[C@H]1CCCC[C@H]1Nc1nc(Nc2cnc3c(N)cccc3c2)c(C(=O)NC(C)(C)c2ccccc2)cc1F. The van der Waals surface area contributed by atoms with E-state index in [2.05, 4.69) is 31.2 Å². The largest absolute Gasteiger partial charge is 0.444 e. The minimum absolute atomic E-state index is 0.0202. The van der Waals surface area contributed by atoms with Gasteiger partial charge in [0.15, 0.2) is 11.6 Å². The first-order valence-electron chi connectivity index (χ1n) is 15.5. The summed E-state index contributed by atoms with van der Waals surface area (Å²) in [5, 5.41) is 13.2. The van der Waals surface area contributed by atoms with E-state index in [-0.39, 0.29) is 29.3 Å². The highest BCUT2D eigenvalue weighted by Gasteiger charge is 2.31. The lowest BCUT2D eigenvalue weighted by Crippen LogP contribution is -2.50. The minimum Gasteiger partial charge on any atom is -0.444 e. The highest BCUT2D eigenvalue weighted by molar-refractivity contribution is 6.00. The van der Waals surface area contributed by atoms with Crippen LogP contribution in [0.1, 0.15) is 76.2 Å². The number of nitrogens with one attached hydrogen (secondary N) is 4. The van der Waals surface area contributed by atoms with Gasteiger partial charge in [0, 0.05) is 11.4 Å². The van der Waals surface area contributed by atoms with Crippen LogP contribution in [0.4, 0.5) is 32.2 Å². The number of benzene rings is 2. The van der Waals surface area contributed by atoms with E-state index >= 15 is 4.39 Å². The minimum atomic E-state index is -0.756. The number of alkyl carbamates (subject to hydrolysis) is 1. The molecule has 6 N–H and O–H groups in total. The van der Waals surface area contributed by atoms with Crippen LogP contribution in [0.15, 0.2) is 66.9 Å². The average Bonchev–Trinajstić information content (AvgIpc) is 2.99. The van der Waals surface area contributed by atoms with Crippen molar-refractivity contribution in [3.8, 4) is 0 Å². The Balaban J connectivity index is 1.47. The number of carbonyl (C=O) groups is 2. The number of pyridine rings is 2. The van der Waals surface area contributed by atoms with Gasteiger partial charge in [-0.3, -0.25) is 9.78 Å². The number of halogens is 1. The van der Waals surface area contributed by atoms with Crippen LogP contribution >= 0.6 is 0 Å². The molecule has 4 aromatic rings. The lowest BCUT2D eigenvalue weighted by Gasteiger charge is -2.34. The van der Waals surface area contributed by atoms with Gasteiger partial charge in [0.25, 0.3) is 5.91 Å². The zero-order valence-electron chi connectivity index (χ0n) is 26.9. The number of fused-ring (bicyclic) bond motifs is 1. The predicted octanol–water partition coefficient (Wildman–Crippen LogP) is 7.01. The molecule has 2 amide bonds. The fourth-order valence-corrected chi connectivity index (χ4v) is 5.64. The molecular weight excluding hydrogens is 585 g/mol. The van der Waals surface area contributed by atoms with E-state index in [1.165, 1.54) is 6.07 Å². The number of hydrogen-bond donors (Lipinski definition) is 5. The number of para-hydroxylation sites is 1. The summed E-state index contributed by atoms with van der Waals surface area (Å²) in [5.74, 6) is -1.10. The van der Waals surface area contributed by atoms with Gasteiger partial charge in [-0.1, -0.05) is 55.3 Å². The first kappa shape index (κ1) is 32.5. The lowest BCUT2D eigenvalue weighted by atomic mass is 9.90. The Hall–Kier alpha value is -4.93. The van der Waals surface area contributed by atoms with Gasteiger partial charge >= 0.3 is 6.09 Å². The molecule has 0 unspecified atom stereocenters. The van der Waals surface area contributed by atoms with Crippen LogP contribution in [0.3, 0.4) is 0 Å². The Morgan fingerprint density at radius 1 is 0.935 bits per heavy atom. The summed E-state index contributed by atoms with van der Waals surface area (Å²) in [6.45, 7) is 9.16. The van der Waals surface area contributed by atoms with Crippen molar-refractivity contribution >= 4 is 45.9 Å². The van der Waals surface area contributed by atoms with Gasteiger partial charge in [0.2, 0.25) is 0 Å². The van der Waals surface area contributed by atoms with Crippen LogP contribution in [-0.4, -0.2) is 39.7 Å². The lowest BCUT2D eigenvalue weighted by molar-refractivity contribution is 0.0488. The molecule has 5 rings (SSSR count). The molecule has 2 atom stereocenters. The van der Waals surface area contributed by atoms with Crippen molar-refractivity contribution < 1.29 is 18.7 Å². The van der Waals surface area contributed by atoms with Gasteiger partial charge in [-0.2, -0.15) is 0 Å². The number of amides is 2. The fraction of sp³-hybridized carbons (Fsp3) is 0.371. The highest BCUT2D eigenvalue weighted by Crippen LogP contribution is 2.30. The number of carbonyl (C=O) groups excluding carboxylic acids is 2. The van der Waals surface area contributed by atoms with Gasteiger partial charge in [0.05, 0.1) is 40.2 Å². The number of aromatic nitrogens is 2. The zero-order chi connectivity index (χ0) is 33.1. The van der Waals surface area contributed by atoms with Gasteiger partial charge < -0.3 is 31.7 Å². The molecule has 46 heavy (non-hydrogen) atoms. The molecule has 242 valence electrons. The van der Waals surface area contributed by atoms with Gasteiger partial charge in [-0.25, -0.2) is 14.2 Å². The van der Waals surface area contributed by atoms with Crippen molar-refractivity contribution in [3.05, 3.63) is 83.8 Å². The van der Waals surface area contributed by atoms with E-state index in [9.17, 15) is 9.59 Å². The third-order valence-corrected chi connectivity index (χ3v) is 7.94. The second kappa shape index (κ2) is 13.2. The Bertz CT molecular complexity index is 1720. The molecule has 1 saturated carbocycles. The number of nitrogen functional groups attached to an aromatic ring is 1. The van der Waals surface area contributed by atoms with Crippen LogP contribution in [0.2, 0.25) is 0 Å². The molecule has 0 bridgehead atoms. The number of nitrogens with two attached hydrogens (primary N) is 1. The molecule has 1 fully saturated rings. The van der Waals surface area contributed by atoms with Crippen LogP contribution in [0.5, 0.6) is 0 Å². The van der Waals surface area contributed by atoms with Gasteiger partial charge in [-0.15, -0.1) is 0 Å². The number of ether oxygens (including phenoxy) is 1. The Morgan fingerprint density at radius 2 is 1.65 bits per heavy atom. The molecule has 2 aromatic heterocycles. The van der Waals surface area contributed by atoms with E-state index in [1.807, 2.05) is 62.4 Å². The molecule has 1 aliphatic rings. The summed E-state index contributed by atoms with van der Waals surface area (Å²) in [6, 6.07) is 17.4. The van der Waals surface area contributed by atoms with Gasteiger partial charge in [-0.05, 0) is 71.2 Å². The van der Waals surface area contributed by atoms with E-state index in [4.69, 9.17) is 10.5 Å². The third-order valence-electron chi connectivity index (χ3n) is 7.94. The smallest absolute Gasteiger partial charge is 0.407 e. The first-order valence-corrected chi connectivity index (χ1v) is 15.5. The van der Waals surface area contributed by atoms with Crippen molar-refractivity contribution in [1.29, 1.82) is 0 Å². The van der Waals surface area contributed by atoms with Crippen LogP contribution < -0.4 is 27.0 Å². The molecule has 0 spiro atoms.